The van der Waals surface area contributed by atoms with E-state index in [4.69, 9.17) is 10.00 Å². The van der Waals surface area contributed by atoms with Gasteiger partial charge in [0.25, 0.3) is 5.91 Å². The normalized spacial score (nSPS) is 11.6. The van der Waals surface area contributed by atoms with E-state index >= 15 is 0 Å². The molecule has 0 aliphatic heterocycles. The number of hydrogen-bond donors (Lipinski definition) is 1. The van der Waals surface area contributed by atoms with Gasteiger partial charge in [-0.15, -0.1) is 0 Å². The van der Waals surface area contributed by atoms with Gasteiger partial charge in [-0.1, -0.05) is 31.5 Å². The molecule has 0 spiro atoms. The summed E-state index contributed by atoms with van der Waals surface area (Å²) in [7, 11) is 0. The smallest absolute Gasteiger partial charge is 0.329 e. The Kier molecular flexibility index (Phi) is 5.73. The maximum Gasteiger partial charge on any atom is 0.329 e. The average molecular weight is 274 g/mol. The van der Waals surface area contributed by atoms with Gasteiger partial charge in [0.2, 0.25) is 0 Å². The second-order valence-electron chi connectivity index (χ2n) is 4.83. The standard InChI is InChI=1S/C15H18N2O3/c1-10(2)13(15(19)20-8-7-16)17-14(18)12-6-4-5-11(3)9-12/h4-6,9-10,13H,8H2,1-3H3,(H,17,18). The number of carbonyl (C=O) groups is 2. The first-order valence-corrected chi connectivity index (χ1v) is 6.36. The number of nitriles is 1. The van der Waals surface area contributed by atoms with E-state index in [0.717, 1.165) is 5.56 Å². The molecule has 0 saturated heterocycles. The Labute approximate surface area is 118 Å². The summed E-state index contributed by atoms with van der Waals surface area (Å²) >= 11 is 0. The molecule has 0 radical (unpaired) electrons. The SMILES string of the molecule is Cc1cccc(C(=O)NC(C(=O)OCC#N)C(C)C)c1. The number of nitrogens with zero attached hydrogens (tertiary/aromatic N) is 1. The minimum Gasteiger partial charge on any atom is -0.449 e. The molecule has 5 heteroatoms. The van der Waals surface area contributed by atoms with Crippen LogP contribution in [0.4, 0.5) is 0 Å². The van der Waals surface area contributed by atoms with Crippen LogP contribution in [0.15, 0.2) is 24.3 Å². The Balaban J connectivity index is 2.78. The van der Waals surface area contributed by atoms with E-state index in [-0.39, 0.29) is 18.4 Å². The van der Waals surface area contributed by atoms with Crippen LogP contribution in [0.5, 0.6) is 0 Å². The van der Waals surface area contributed by atoms with Crippen molar-refractivity contribution in [1.82, 2.24) is 5.32 Å². The van der Waals surface area contributed by atoms with Crippen molar-refractivity contribution in [3.05, 3.63) is 35.4 Å². The van der Waals surface area contributed by atoms with E-state index in [1.165, 1.54) is 0 Å². The maximum absolute atomic E-state index is 12.1. The summed E-state index contributed by atoms with van der Waals surface area (Å²) in [4.78, 5) is 23.9. The van der Waals surface area contributed by atoms with Crippen LogP contribution in [0, 0.1) is 24.2 Å². The van der Waals surface area contributed by atoms with Crippen molar-refractivity contribution >= 4 is 11.9 Å². The number of carbonyl (C=O) groups excluding carboxylic acids is 2. The highest BCUT2D eigenvalue weighted by atomic mass is 16.5. The van der Waals surface area contributed by atoms with Crippen LogP contribution in [0.25, 0.3) is 0 Å². The molecule has 0 heterocycles. The lowest BCUT2D eigenvalue weighted by Gasteiger charge is -2.20. The number of ether oxygens (including phenoxy) is 1. The fourth-order valence-electron chi connectivity index (χ4n) is 1.70. The largest absolute Gasteiger partial charge is 0.449 e. The van der Waals surface area contributed by atoms with Crippen molar-refractivity contribution in [2.24, 2.45) is 5.92 Å². The minimum absolute atomic E-state index is 0.130. The topological polar surface area (TPSA) is 79.2 Å². The van der Waals surface area contributed by atoms with Crippen molar-refractivity contribution in [2.75, 3.05) is 6.61 Å². The van der Waals surface area contributed by atoms with E-state index in [2.05, 4.69) is 5.32 Å². The van der Waals surface area contributed by atoms with Crippen molar-refractivity contribution in [3.8, 4) is 6.07 Å². The molecule has 1 atom stereocenters. The molecule has 0 saturated carbocycles. The van der Waals surface area contributed by atoms with Crippen LogP contribution in [0.2, 0.25) is 0 Å². The Morgan fingerprint density at radius 3 is 2.65 bits per heavy atom. The van der Waals surface area contributed by atoms with Gasteiger partial charge in [-0.05, 0) is 25.0 Å². The number of benzene rings is 1. The Hall–Kier alpha value is -2.35. The molecule has 0 aliphatic carbocycles. The first-order chi connectivity index (χ1) is 9.45. The van der Waals surface area contributed by atoms with Crippen LogP contribution >= 0.6 is 0 Å². The van der Waals surface area contributed by atoms with Crippen LogP contribution in [0.3, 0.4) is 0 Å². The molecule has 0 bridgehead atoms. The summed E-state index contributed by atoms with van der Waals surface area (Å²) < 4.78 is 4.76. The molecule has 1 rings (SSSR count). The zero-order valence-corrected chi connectivity index (χ0v) is 11.8. The van der Waals surface area contributed by atoms with Crippen LogP contribution in [-0.2, 0) is 9.53 Å². The van der Waals surface area contributed by atoms with Crippen molar-refractivity contribution in [1.29, 1.82) is 5.26 Å². The third-order valence-electron chi connectivity index (χ3n) is 2.77. The van der Waals surface area contributed by atoms with Gasteiger partial charge in [-0.2, -0.15) is 5.26 Å². The zero-order valence-electron chi connectivity index (χ0n) is 11.8. The van der Waals surface area contributed by atoms with Crippen molar-refractivity contribution in [3.63, 3.8) is 0 Å². The first kappa shape index (κ1) is 15.7. The summed E-state index contributed by atoms with van der Waals surface area (Å²) in [5.74, 6) is -1.06. The third kappa shape index (κ3) is 4.39. The molecule has 106 valence electrons. The predicted molar refractivity (Wildman–Crippen MR) is 73.8 cm³/mol. The maximum atomic E-state index is 12.1. The lowest BCUT2D eigenvalue weighted by Crippen LogP contribution is -2.45. The van der Waals surface area contributed by atoms with Crippen LogP contribution < -0.4 is 5.32 Å². The highest BCUT2D eigenvalue weighted by molar-refractivity contribution is 5.97. The fraction of sp³-hybridized carbons (Fsp3) is 0.400. The zero-order chi connectivity index (χ0) is 15.1. The quantitative estimate of drug-likeness (QED) is 0.830. The molecule has 1 unspecified atom stereocenters. The molecule has 1 amide bonds. The Bertz CT molecular complexity index is 532. The van der Waals surface area contributed by atoms with E-state index < -0.39 is 12.0 Å². The van der Waals surface area contributed by atoms with E-state index in [0.29, 0.717) is 5.56 Å². The van der Waals surface area contributed by atoms with Gasteiger partial charge in [0, 0.05) is 5.56 Å². The molecule has 0 aliphatic rings. The summed E-state index contributed by atoms with van der Waals surface area (Å²) in [6, 6.07) is 8.05. The number of esters is 1. The number of amides is 1. The summed E-state index contributed by atoms with van der Waals surface area (Å²) in [5, 5.41) is 11.1. The van der Waals surface area contributed by atoms with Gasteiger partial charge >= 0.3 is 5.97 Å². The molecule has 1 aromatic rings. The molecule has 1 aromatic carbocycles. The molecule has 0 fully saturated rings. The highest BCUT2D eigenvalue weighted by Gasteiger charge is 2.26. The van der Waals surface area contributed by atoms with Gasteiger partial charge in [0.1, 0.15) is 12.1 Å². The first-order valence-electron chi connectivity index (χ1n) is 6.36. The van der Waals surface area contributed by atoms with Crippen LogP contribution in [-0.4, -0.2) is 24.5 Å². The summed E-state index contributed by atoms with van der Waals surface area (Å²) in [5.41, 5.74) is 1.45. The second-order valence-corrected chi connectivity index (χ2v) is 4.83. The second kappa shape index (κ2) is 7.29. The van der Waals surface area contributed by atoms with E-state index in [9.17, 15) is 9.59 Å². The van der Waals surface area contributed by atoms with E-state index in [1.807, 2.05) is 13.0 Å². The molecular formula is C15H18N2O3. The number of aryl methyl sites for hydroxylation is 1. The third-order valence-corrected chi connectivity index (χ3v) is 2.77. The molecule has 1 N–H and O–H groups in total. The summed E-state index contributed by atoms with van der Waals surface area (Å²) in [6.45, 7) is 5.17. The minimum atomic E-state index is -0.767. The van der Waals surface area contributed by atoms with Gasteiger partial charge < -0.3 is 10.1 Å². The van der Waals surface area contributed by atoms with Gasteiger partial charge in [0.05, 0.1) is 0 Å². The van der Waals surface area contributed by atoms with Crippen molar-refractivity contribution < 1.29 is 14.3 Å². The van der Waals surface area contributed by atoms with Crippen LogP contribution in [0.1, 0.15) is 29.8 Å². The average Bonchev–Trinajstić information content (AvgIpc) is 2.41. The summed E-state index contributed by atoms with van der Waals surface area (Å²) in [6.07, 6.45) is 0. The Morgan fingerprint density at radius 2 is 2.10 bits per heavy atom. The van der Waals surface area contributed by atoms with Crippen molar-refractivity contribution in [2.45, 2.75) is 26.8 Å². The molecule has 0 aromatic heterocycles. The fourth-order valence-corrected chi connectivity index (χ4v) is 1.70. The molecular weight excluding hydrogens is 256 g/mol. The monoisotopic (exact) mass is 274 g/mol. The number of nitrogens with one attached hydrogen (secondary N) is 1. The lowest BCUT2D eigenvalue weighted by molar-refractivity contribution is -0.145. The number of rotatable bonds is 5. The van der Waals surface area contributed by atoms with Gasteiger partial charge in [0.15, 0.2) is 6.61 Å². The van der Waals surface area contributed by atoms with Gasteiger partial charge in [-0.25, -0.2) is 4.79 Å². The predicted octanol–water partition coefficient (Wildman–Crippen LogP) is 1.82. The lowest BCUT2D eigenvalue weighted by atomic mass is 10.0. The van der Waals surface area contributed by atoms with Gasteiger partial charge in [-0.3, -0.25) is 4.79 Å². The molecule has 20 heavy (non-hydrogen) atoms. The van der Waals surface area contributed by atoms with E-state index in [1.54, 1.807) is 38.1 Å². The Morgan fingerprint density at radius 1 is 1.40 bits per heavy atom. The number of hydrogen-bond acceptors (Lipinski definition) is 4. The molecule has 5 nitrogen and oxygen atoms in total. The highest BCUT2D eigenvalue weighted by Crippen LogP contribution is 2.08.